The van der Waals surface area contributed by atoms with Crippen LogP contribution in [0.25, 0.3) is 10.8 Å². The first-order valence-electron chi connectivity index (χ1n) is 13.8. The number of nitrogens with one attached hydrogen (secondary N) is 1. The van der Waals surface area contributed by atoms with Crippen LogP contribution in [-0.2, 0) is 23.2 Å². The number of amides is 1. The lowest BCUT2D eigenvalue weighted by Gasteiger charge is -2.23. The maximum Gasteiger partial charge on any atom is 0.271 e. The van der Waals surface area contributed by atoms with Crippen LogP contribution in [0, 0.1) is 13.8 Å². The molecule has 0 heterocycles. The third-order valence-electron chi connectivity index (χ3n) is 7.20. The van der Waals surface area contributed by atoms with E-state index in [0.717, 1.165) is 33.6 Å². The Bertz CT molecular complexity index is 1880. The number of ether oxygens (including phenoxy) is 1. The first-order valence-corrected chi connectivity index (χ1v) is 15.7. The van der Waals surface area contributed by atoms with Crippen molar-refractivity contribution in [3.8, 4) is 5.75 Å². The van der Waals surface area contributed by atoms with Crippen molar-refractivity contribution in [3.63, 3.8) is 0 Å². The molecule has 1 amide bonds. The monoisotopic (exact) mass is 591 g/mol. The van der Waals surface area contributed by atoms with Crippen LogP contribution in [0.4, 0.5) is 5.69 Å². The van der Waals surface area contributed by atoms with E-state index in [4.69, 9.17) is 4.74 Å². The van der Waals surface area contributed by atoms with Crippen LogP contribution in [0.5, 0.6) is 5.75 Å². The fourth-order valence-corrected chi connectivity index (χ4v) is 5.46. The zero-order chi connectivity index (χ0) is 30.4. The molecule has 8 heteroatoms. The molecule has 0 aliphatic carbocycles. The molecule has 5 aromatic carbocycles. The molecule has 7 nitrogen and oxygen atoms in total. The van der Waals surface area contributed by atoms with Crippen molar-refractivity contribution in [1.82, 2.24) is 5.43 Å². The van der Waals surface area contributed by atoms with Gasteiger partial charge >= 0.3 is 0 Å². The zero-order valence-electron chi connectivity index (χ0n) is 24.3. The van der Waals surface area contributed by atoms with Crippen LogP contribution in [0.2, 0.25) is 0 Å². The largest absolute Gasteiger partial charge is 0.489 e. The summed E-state index contributed by atoms with van der Waals surface area (Å²) in [6, 6.07) is 34.3. The Hall–Kier alpha value is -4.95. The van der Waals surface area contributed by atoms with Gasteiger partial charge in [0.05, 0.1) is 24.7 Å². The number of carbonyl (C=O) groups excluding carboxylic acids is 1. The Kier molecular flexibility index (Phi) is 8.87. The lowest BCUT2D eigenvalue weighted by Crippen LogP contribution is -2.29. The molecule has 0 saturated heterocycles. The number of anilines is 1. The van der Waals surface area contributed by atoms with Crippen molar-refractivity contribution in [3.05, 3.63) is 143 Å². The number of hydrogen-bond acceptors (Lipinski definition) is 5. The molecule has 1 N–H and O–H groups in total. The van der Waals surface area contributed by atoms with Crippen LogP contribution >= 0.6 is 0 Å². The number of hydrazone groups is 1. The fourth-order valence-electron chi connectivity index (χ4n) is 4.58. The minimum absolute atomic E-state index is 0.156. The predicted molar refractivity (Wildman–Crippen MR) is 173 cm³/mol. The summed E-state index contributed by atoms with van der Waals surface area (Å²) in [5.74, 6) is 0.369. The molecule has 5 aromatic rings. The van der Waals surface area contributed by atoms with E-state index in [1.807, 2.05) is 62.4 Å². The van der Waals surface area contributed by atoms with Crippen LogP contribution in [-0.4, -0.2) is 26.8 Å². The van der Waals surface area contributed by atoms with E-state index in [-0.39, 0.29) is 12.5 Å². The molecule has 0 unspecified atom stereocenters. The normalized spacial score (nSPS) is 11.5. The molecule has 43 heavy (non-hydrogen) atoms. The Morgan fingerprint density at radius 3 is 2.21 bits per heavy atom. The summed E-state index contributed by atoms with van der Waals surface area (Å²) >= 11 is 0. The van der Waals surface area contributed by atoms with Crippen LogP contribution in [0.15, 0.2) is 114 Å². The summed E-state index contributed by atoms with van der Waals surface area (Å²) in [4.78, 5) is 12.6. The fraction of sp³-hybridized carbons (Fsp3) is 0.143. The van der Waals surface area contributed by atoms with Gasteiger partial charge in [-0.25, -0.2) is 13.8 Å². The molecular weight excluding hydrogens is 558 g/mol. The van der Waals surface area contributed by atoms with E-state index >= 15 is 0 Å². The summed E-state index contributed by atoms with van der Waals surface area (Å²) in [7, 11) is -3.51. The Labute approximate surface area is 252 Å². The van der Waals surface area contributed by atoms with Gasteiger partial charge in [0.25, 0.3) is 5.91 Å². The Morgan fingerprint density at radius 2 is 1.51 bits per heavy atom. The lowest BCUT2D eigenvalue weighted by atomic mass is 10.1. The maximum atomic E-state index is 12.6. The first-order chi connectivity index (χ1) is 20.7. The molecule has 0 aliphatic heterocycles. The summed E-state index contributed by atoms with van der Waals surface area (Å²) in [5.41, 5.74) is 8.31. The predicted octanol–water partition coefficient (Wildman–Crippen LogP) is 6.77. The van der Waals surface area contributed by atoms with Crippen molar-refractivity contribution in [2.24, 2.45) is 5.10 Å². The highest BCUT2D eigenvalue weighted by Gasteiger charge is 2.18. The molecule has 5 rings (SSSR count). The highest BCUT2D eigenvalue weighted by molar-refractivity contribution is 7.92. The van der Waals surface area contributed by atoms with Gasteiger partial charge in [-0.15, -0.1) is 0 Å². The third kappa shape index (κ3) is 7.67. The van der Waals surface area contributed by atoms with Gasteiger partial charge in [-0.05, 0) is 107 Å². The van der Waals surface area contributed by atoms with Crippen molar-refractivity contribution in [2.45, 2.75) is 27.0 Å². The number of benzene rings is 5. The lowest BCUT2D eigenvalue weighted by molar-refractivity contribution is 0.0955. The molecule has 0 fully saturated rings. The van der Waals surface area contributed by atoms with E-state index in [1.54, 1.807) is 36.5 Å². The van der Waals surface area contributed by atoms with Gasteiger partial charge in [0, 0.05) is 5.56 Å². The van der Waals surface area contributed by atoms with E-state index in [2.05, 4.69) is 40.9 Å². The van der Waals surface area contributed by atoms with Gasteiger partial charge in [0.2, 0.25) is 10.0 Å². The molecule has 0 spiro atoms. The Balaban J connectivity index is 1.14. The second-order valence-corrected chi connectivity index (χ2v) is 12.4. The smallest absolute Gasteiger partial charge is 0.271 e. The number of sulfonamides is 1. The van der Waals surface area contributed by atoms with Crippen molar-refractivity contribution in [2.75, 3.05) is 10.6 Å². The Morgan fingerprint density at radius 1 is 0.814 bits per heavy atom. The molecule has 0 bridgehead atoms. The average molecular weight is 592 g/mol. The van der Waals surface area contributed by atoms with Gasteiger partial charge in [-0.1, -0.05) is 54.6 Å². The van der Waals surface area contributed by atoms with E-state index in [9.17, 15) is 13.2 Å². The van der Waals surface area contributed by atoms with Crippen molar-refractivity contribution >= 4 is 38.6 Å². The minimum Gasteiger partial charge on any atom is -0.489 e. The number of rotatable bonds is 10. The highest BCUT2D eigenvalue weighted by Crippen LogP contribution is 2.24. The average Bonchev–Trinajstić information content (AvgIpc) is 3.00. The maximum absolute atomic E-state index is 12.6. The summed E-state index contributed by atoms with van der Waals surface area (Å²) < 4.78 is 32.4. The van der Waals surface area contributed by atoms with Gasteiger partial charge in [0.1, 0.15) is 12.4 Å². The minimum atomic E-state index is -3.51. The van der Waals surface area contributed by atoms with Crippen molar-refractivity contribution < 1.29 is 17.9 Å². The topological polar surface area (TPSA) is 88.1 Å². The van der Waals surface area contributed by atoms with Gasteiger partial charge in [0.15, 0.2) is 0 Å². The molecule has 0 aliphatic rings. The zero-order valence-corrected chi connectivity index (χ0v) is 25.1. The molecule has 0 aromatic heterocycles. The molecule has 0 atom stereocenters. The number of aryl methyl sites for hydroxylation is 2. The van der Waals surface area contributed by atoms with E-state index in [0.29, 0.717) is 17.9 Å². The number of nitrogens with zero attached hydrogens (tertiary/aromatic N) is 2. The molecule has 218 valence electrons. The number of hydrogen-bond donors (Lipinski definition) is 1. The summed E-state index contributed by atoms with van der Waals surface area (Å²) in [5, 5.41) is 6.45. The third-order valence-corrected chi connectivity index (χ3v) is 8.34. The number of fused-ring (bicyclic) bond motifs is 1. The highest BCUT2D eigenvalue weighted by atomic mass is 32.2. The van der Waals surface area contributed by atoms with Crippen LogP contribution < -0.4 is 14.5 Å². The molecular formula is C35H33N3O4S. The van der Waals surface area contributed by atoms with E-state index < -0.39 is 10.0 Å². The molecule has 0 radical (unpaired) electrons. The second kappa shape index (κ2) is 12.9. The SMILES string of the molecule is Cc1ccc(N(Cc2ccc(C(=O)N/N=C\c3ccc(OCc4ccc5ccccc5c4)cc3)cc2)S(C)(=O)=O)cc1C. The second-order valence-electron chi connectivity index (χ2n) is 10.5. The van der Waals surface area contributed by atoms with Crippen LogP contribution in [0.1, 0.15) is 38.2 Å². The van der Waals surface area contributed by atoms with Gasteiger partial charge in [-0.2, -0.15) is 5.10 Å². The summed E-state index contributed by atoms with van der Waals surface area (Å²) in [6.07, 6.45) is 2.75. The van der Waals surface area contributed by atoms with Gasteiger partial charge in [-0.3, -0.25) is 9.10 Å². The standard InChI is InChI=1S/C35H33N3O4S/c1-25-8-17-33(20-26(25)2)38(43(3,40)41)23-28-9-15-31(16-10-28)35(39)37-36-22-27-12-18-34(19-13-27)42-24-29-11-14-30-6-4-5-7-32(30)21-29/h4-22H,23-24H2,1-3H3,(H,37,39)/b36-22-. The first kappa shape index (κ1) is 29.5. The summed E-state index contributed by atoms with van der Waals surface area (Å²) in [6.45, 7) is 4.55. The van der Waals surface area contributed by atoms with Crippen molar-refractivity contribution in [1.29, 1.82) is 0 Å². The van der Waals surface area contributed by atoms with E-state index in [1.165, 1.54) is 21.3 Å². The molecule has 0 saturated carbocycles. The number of carbonyl (C=O) groups is 1. The van der Waals surface area contributed by atoms with Gasteiger partial charge < -0.3 is 4.74 Å². The van der Waals surface area contributed by atoms with Crippen LogP contribution in [0.3, 0.4) is 0 Å². The quantitative estimate of drug-likeness (QED) is 0.144.